The molecule has 4 aliphatic rings. The van der Waals surface area contributed by atoms with E-state index in [1.165, 1.54) is 38.9 Å². The predicted molar refractivity (Wildman–Crippen MR) is 103 cm³/mol. The van der Waals surface area contributed by atoms with E-state index in [0.29, 0.717) is 0 Å². The van der Waals surface area contributed by atoms with Gasteiger partial charge in [-0.15, -0.1) is 40.6 Å². The molecule has 5 heteroatoms. The fraction of sp³-hybridized carbons (Fsp3) is 0.238. The van der Waals surface area contributed by atoms with Gasteiger partial charge in [0.25, 0.3) is 0 Å². The van der Waals surface area contributed by atoms with Gasteiger partial charge in [-0.05, 0) is 35.9 Å². The first-order valence-electron chi connectivity index (χ1n) is 8.26. The van der Waals surface area contributed by atoms with Gasteiger partial charge < -0.3 is 24.8 Å². The van der Waals surface area contributed by atoms with E-state index in [9.17, 15) is 0 Å². The molecule has 2 aromatic carbocycles. The average Bonchev–Trinajstić information content (AvgIpc) is 3.12. The molecular weight excluding hydrogens is 456 g/mol. The summed E-state index contributed by atoms with van der Waals surface area (Å²) in [6.07, 6.45) is 2.25. The molecule has 0 aromatic heterocycles. The molecule has 0 saturated heterocycles. The van der Waals surface area contributed by atoms with Crippen molar-refractivity contribution >= 4 is 24.6 Å². The molecule has 2 bridgehead atoms. The van der Waals surface area contributed by atoms with E-state index in [1.807, 2.05) is 0 Å². The van der Waals surface area contributed by atoms with Gasteiger partial charge in [0.15, 0.2) is 0 Å². The molecule has 0 N–H and O–H groups in total. The van der Waals surface area contributed by atoms with Crippen molar-refractivity contribution in [3.05, 3.63) is 75.3 Å². The minimum atomic E-state index is -1.15. The molecule has 3 heterocycles. The maximum absolute atomic E-state index is 4.62. The van der Waals surface area contributed by atoms with Crippen molar-refractivity contribution in [1.29, 1.82) is 0 Å². The van der Waals surface area contributed by atoms with Crippen LogP contribution in [0.15, 0.2) is 74.7 Å². The predicted octanol–water partition coefficient (Wildman–Crippen LogP) is -0.355. The number of aryl methyl sites for hydroxylation is 1. The zero-order valence-corrected chi connectivity index (χ0v) is 20.7. The number of hydrogen-bond donors (Lipinski definition) is 0. The van der Waals surface area contributed by atoms with Gasteiger partial charge in [0.2, 0.25) is 0 Å². The first-order chi connectivity index (χ1) is 10.9. The minimum Gasteiger partial charge on any atom is -1.00 e. The van der Waals surface area contributed by atoms with E-state index in [0.717, 1.165) is 0 Å². The van der Waals surface area contributed by atoms with Gasteiger partial charge in [-0.2, -0.15) is 6.07 Å². The van der Waals surface area contributed by atoms with E-state index in [4.69, 9.17) is 0 Å². The van der Waals surface area contributed by atoms with Gasteiger partial charge in [-0.25, -0.2) is 0 Å². The Bertz CT molecular complexity index is 944. The van der Waals surface area contributed by atoms with E-state index in [-0.39, 0.29) is 51.0 Å². The Labute approximate surface area is 188 Å². The van der Waals surface area contributed by atoms with Crippen molar-refractivity contribution in [2.75, 3.05) is 0 Å². The van der Waals surface area contributed by atoms with Gasteiger partial charge in [0.1, 0.15) is 8.07 Å². The van der Waals surface area contributed by atoms with Crippen molar-refractivity contribution in [3.63, 3.8) is 0 Å². The van der Waals surface area contributed by atoms with Crippen molar-refractivity contribution in [3.8, 4) is 0 Å². The molecule has 0 fully saturated rings. The third-order valence-electron chi connectivity index (χ3n) is 5.16. The van der Waals surface area contributed by atoms with E-state index in [2.05, 4.69) is 81.3 Å². The molecule has 1 aliphatic carbocycles. The standard InChI is InChI=1S/C11H13NSi.C10H9.2ClH.Zr/c1-6-5-8-9(12-6)11-7(2)10(8)13(11,3)4;1-8-6-9-4-2-3-5-10(9)7-8;;;/h5H,1-4H3;2-7H,1H3;2*1H;/q;-1;;;+3/p-2. The number of nitrogens with zero attached hydrogens (tertiary/aromatic N) is 1. The van der Waals surface area contributed by atoms with Crippen LogP contribution >= 0.6 is 0 Å². The maximum atomic E-state index is 4.62. The quantitative estimate of drug-likeness (QED) is 0.363. The average molecular weight is 479 g/mol. The fourth-order valence-electron chi connectivity index (χ4n) is 4.37. The van der Waals surface area contributed by atoms with Gasteiger partial charge >= 0.3 is 26.2 Å². The Hall–Kier alpha value is -0.600. The second-order valence-electron chi connectivity index (χ2n) is 7.32. The number of halogens is 2. The van der Waals surface area contributed by atoms with Crippen LogP contribution in [0.5, 0.6) is 0 Å². The van der Waals surface area contributed by atoms with Crippen LogP contribution in [0.4, 0.5) is 0 Å². The van der Waals surface area contributed by atoms with Crippen LogP contribution in [-0.2, 0) is 26.2 Å². The number of aliphatic imine (C=N–C) groups is 1. The molecule has 0 spiro atoms. The fourth-order valence-corrected chi connectivity index (χ4v) is 8.20. The largest absolute Gasteiger partial charge is 3.00 e. The normalized spacial score (nSPS) is 17.7. The number of rotatable bonds is 0. The molecule has 2 aromatic rings. The Morgan fingerprint density at radius 1 is 0.962 bits per heavy atom. The third-order valence-corrected chi connectivity index (χ3v) is 8.92. The molecule has 1 nitrogen and oxygen atoms in total. The molecule has 133 valence electrons. The summed E-state index contributed by atoms with van der Waals surface area (Å²) < 4.78 is 0. The van der Waals surface area contributed by atoms with Gasteiger partial charge in [-0.1, -0.05) is 26.1 Å². The van der Waals surface area contributed by atoms with Crippen LogP contribution < -0.4 is 24.8 Å². The second-order valence-corrected chi connectivity index (χ2v) is 11.6. The molecule has 0 atom stereocenters. The molecule has 3 aliphatic heterocycles. The van der Waals surface area contributed by atoms with Crippen LogP contribution in [0.3, 0.4) is 0 Å². The SMILES string of the molecule is CC1=NC2=C3C(C)=C(C2=C1)[Si]3(C)C.Cc1cc2ccccc2[cH-]1.[Cl-].[Cl-].[Zr+3]. The summed E-state index contributed by atoms with van der Waals surface area (Å²) >= 11 is 0. The minimum absolute atomic E-state index is 0. The molecule has 26 heavy (non-hydrogen) atoms. The van der Waals surface area contributed by atoms with Crippen LogP contribution in [0, 0.1) is 6.92 Å². The van der Waals surface area contributed by atoms with Crippen molar-refractivity contribution in [2.45, 2.75) is 33.9 Å². The molecule has 1 radical (unpaired) electrons. The zero-order chi connectivity index (χ0) is 16.4. The first kappa shape index (κ1) is 23.4. The van der Waals surface area contributed by atoms with E-state index < -0.39 is 8.07 Å². The van der Waals surface area contributed by atoms with Gasteiger partial charge in [0, 0.05) is 11.3 Å². The maximum Gasteiger partial charge on any atom is 3.00 e. The molecular formula is C21H22Cl2NSiZr. The molecule has 0 saturated carbocycles. The van der Waals surface area contributed by atoms with Crippen LogP contribution in [0.25, 0.3) is 10.8 Å². The van der Waals surface area contributed by atoms with E-state index in [1.54, 1.807) is 10.4 Å². The molecule has 0 unspecified atom stereocenters. The zero-order valence-electron chi connectivity index (χ0n) is 15.7. The summed E-state index contributed by atoms with van der Waals surface area (Å²) in [5.74, 6) is 0. The summed E-state index contributed by atoms with van der Waals surface area (Å²) in [7, 11) is -1.15. The third kappa shape index (κ3) is 3.44. The molecule has 0 amide bonds. The number of hydrogen-bond acceptors (Lipinski definition) is 1. The summed E-state index contributed by atoms with van der Waals surface area (Å²) in [5.41, 5.74) is 6.84. The summed E-state index contributed by atoms with van der Waals surface area (Å²) in [5, 5.41) is 5.98. The Kier molecular flexibility index (Phi) is 7.38. The Morgan fingerprint density at radius 2 is 1.62 bits per heavy atom. The van der Waals surface area contributed by atoms with Gasteiger partial charge in [-0.3, -0.25) is 4.99 Å². The smallest absolute Gasteiger partial charge is 1.00 e. The van der Waals surface area contributed by atoms with Crippen molar-refractivity contribution in [2.24, 2.45) is 4.99 Å². The van der Waals surface area contributed by atoms with Crippen molar-refractivity contribution in [1.82, 2.24) is 0 Å². The summed E-state index contributed by atoms with van der Waals surface area (Å²) in [6, 6.07) is 12.8. The number of benzene rings is 1. The topological polar surface area (TPSA) is 12.4 Å². The van der Waals surface area contributed by atoms with E-state index >= 15 is 0 Å². The molecule has 6 rings (SSSR count). The van der Waals surface area contributed by atoms with Crippen LogP contribution in [0.2, 0.25) is 13.1 Å². The summed E-state index contributed by atoms with van der Waals surface area (Å²) in [6.45, 7) is 11.3. The Morgan fingerprint density at radius 3 is 2.19 bits per heavy atom. The Balaban J connectivity index is 0.000000239. The summed E-state index contributed by atoms with van der Waals surface area (Å²) in [4.78, 5) is 4.62. The van der Waals surface area contributed by atoms with Crippen LogP contribution in [0.1, 0.15) is 19.4 Å². The van der Waals surface area contributed by atoms with Gasteiger partial charge in [0.05, 0.1) is 5.70 Å². The number of fused-ring (bicyclic) bond motifs is 1. The first-order valence-corrected chi connectivity index (χ1v) is 11.3. The second kappa shape index (κ2) is 8.19. The number of allylic oxidation sites excluding steroid dienone is 4. The van der Waals surface area contributed by atoms with Crippen LogP contribution in [-0.4, -0.2) is 13.8 Å². The monoisotopic (exact) mass is 476 g/mol. The van der Waals surface area contributed by atoms with Crippen molar-refractivity contribution < 1.29 is 51.0 Å².